The van der Waals surface area contributed by atoms with Gasteiger partial charge in [-0.2, -0.15) is 0 Å². The van der Waals surface area contributed by atoms with Crippen LogP contribution in [0.1, 0.15) is 0 Å². The van der Waals surface area contributed by atoms with Crippen molar-refractivity contribution in [3.8, 4) is 16.9 Å². The second kappa shape index (κ2) is 6.82. The summed E-state index contributed by atoms with van der Waals surface area (Å²) < 4.78 is 22.2. The van der Waals surface area contributed by atoms with Gasteiger partial charge in [-0.05, 0) is 29.8 Å². The quantitative estimate of drug-likeness (QED) is 0.678. The minimum absolute atomic E-state index is 0.173. The molecule has 8 heteroatoms. The maximum absolute atomic E-state index is 12.8. The van der Waals surface area contributed by atoms with Gasteiger partial charge < -0.3 is 19.1 Å². The van der Waals surface area contributed by atoms with E-state index >= 15 is 0 Å². The van der Waals surface area contributed by atoms with Crippen molar-refractivity contribution in [1.82, 2.24) is 4.57 Å². The molecule has 0 atom stereocenters. The Bertz CT molecular complexity index is 1010. The molecule has 0 spiro atoms. The highest BCUT2D eigenvalue weighted by atomic mass is 31.2. The number of hydrogen-bond acceptors (Lipinski definition) is 4. The number of nitrogens with zero attached hydrogens (tertiary/aromatic N) is 1. The third-order valence-corrected chi connectivity index (χ3v) is 4.21. The fourth-order valence-corrected chi connectivity index (χ4v) is 2.84. The Morgan fingerprint density at radius 2 is 1.76 bits per heavy atom. The van der Waals surface area contributed by atoms with E-state index in [0.717, 1.165) is 0 Å². The molecule has 0 aliphatic rings. The first-order chi connectivity index (χ1) is 11.9. The van der Waals surface area contributed by atoms with Crippen LogP contribution in [-0.2, 0) is 15.8 Å². The minimum atomic E-state index is -4.63. The summed E-state index contributed by atoms with van der Waals surface area (Å²) in [6.45, 7) is -0.381. The van der Waals surface area contributed by atoms with Gasteiger partial charge in [-0.25, -0.2) is 4.57 Å². The van der Waals surface area contributed by atoms with E-state index in [1.165, 1.54) is 10.8 Å². The Labute approximate surface area is 143 Å². The summed E-state index contributed by atoms with van der Waals surface area (Å²) in [5.41, 5.74) is 1.42. The first-order valence-electron chi connectivity index (χ1n) is 7.36. The smallest absolute Gasteiger partial charge is 0.471 e. The van der Waals surface area contributed by atoms with Crippen LogP contribution >= 0.6 is 7.82 Å². The molecule has 0 saturated heterocycles. The van der Waals surface area contributed by atoms with Gasteiger partial charge in [-0.1, -0.05) is 24.3 Å². The molecule has 7 nitrogen and oxygen atoms in total. The number of hydrogen-bond donors (Lipinski definition) is 2. The monoisotopic (exact) mass is 361 g/mol. The van der Waals surface area contributed by atoms with Gasteiger partial charge in [-0.15, -0.1) is 0 Å². The minimum Gasteiger partial charge on any atom is -0.497 e. The van der Waals surface area contributed by atoms with E-state index in [1.807, 2.05) is 0 Å². The summed E-state index contributed by atoms with van der Waals surface area (Å²) in [5, 5.41) is 0.435. The Morgan fingerprint density at radius 1 is 1.08 bits per heavy atom. The molecule has 130 valence electrons. The summed E-state index contributed by atoms with van der Waals surface area (Å²) in [6.07, 6.45) is 1.53. The van der Waals surface area contributed by atoms with Crippen LogP contribution in [0.4, 0.5) is 0 Å². The van der Waals surface area contributed by atoms with E-state index < -0.39 is 7.82 Å². The Kier molecular flexibility index (Phi) is 4.74. The average molecular weight is 361 g/mol. The summed E-state index contributed by atoms with van der Waals surface area (Å²) >= 11 is 0. The molecule has 25 heavy (non-hydrogen) atoms. The molecule has 3 rings (SSSR count). The zero-order chi connectivity index (χ0) is 18.0. The van der Waals surface area contributed by atoms with E-state index in [1.54, 1.807) is 55.6 Å². The third kappa shape index (κ3) is 3.81. The normalized spacial score (nSPS) is 11.6. The van der Waals surface area contributed by atoms with Gasteiger partial charge in [0.25, 0.3) is 0 Å². The molecule has 1 aromatic heterocycles. The highest BCUT2D eigenvalue weighted by molar-refractivity contribution is 7.46. The molecule has 0 unspecified atom stereocenters. The van der Waals surface area contributed by atoms with Gasteiger partial charge in [0, 0.05) is 17.1 Å². The lowest BCUT2D eigenvalue weighted by atomic mass is 10.0. The first kappa shape index (κ1) is 17.4. The molecule has 0 amide bonds. The Hall–Kier alpha value is -2.44. The van der Waals surface area contributed by atoms with Gasteiger partial charge in [0.15, 0.2) is 5.43 Å². The molecular weight excluding hydrogens is 345 g/mol. The van der Waals surface area contributed by atoms with Gasteiger partial charge in [-0.3, -0.25) is 9.32 Å². The van der Waals surface area contributed by atoms with Crippen molar-refractivity contribution in [3.05, 3.63) is 65.0 Å². The van der Waals surface area contributed by atoms with E-state index in [2.05, 4.69) is 4.52 Å². The molecule has 1 heterocycles. The largest absolute Gasteiger partial charge is 0.497 e. The lowest BCUT2D eigenvalue weighted by molar-refractivity contribution is 0.156. The Balaban J connectivity index is 2.16. The number of fused-ring (bicyclic) bond motifs is 1. The lowest BCUT2D eigenvalue weighted by Crippen LogP contribution is -2.13. The molecule has 3 aromatic rings. The number of aromatic nitrogens is 1. The molecule has 2 N–H and O–H groups in total. The molecule has 2 aromatic carbocycles. The third-order valence-electron chi connectivity index (χ3n) is 3.75. The highest BCUT2D eigenvalue weighted by Gasteiger charge is 2.16. The second-order valence-electron chi connectivity index (χ2n) is 5.34. The molecule has 0 saturated carbocycles. The van der Waals surface area contributed by atoms with Crippen molar-refractivity contribution in [2.75, 3.05) is 7.11 Å². The van der Waals surface area contributed by atoms with Crippen LogP contribution in [0, 0.1) is 0 Å². The number of ether oxygens (including phenoxy) is 1. The maximum Gasteiger partial charge on any atom is 0.471 e. The van der Waals surface area contributed by atoms with Crippen molar-refractivity contribution in [3.63, 3.8) is 0 Å². The summed E-state index contributed by atoms with van der Waals surface area (Å²) in [6, 6.07) is 13.8. The lowest BCUT2D eigenvalue weighted by Gasteiger charge is -2.14. The number of rotatable bonds is 5. The standard InChI is InChI=1S/C17H16NO6P/c1-23-13-8-6-12(7-9-13)15-10-18(11-24-25(20,21)22)16-5-3-2-4-14(16)17(15)19/h2-10H,11H2,1H3,(H2,20,21,22). The van der Waals surface area contributed by atoms with Crippen molar-refractivity contribution in [1.29, 1.82) is 0 Å². The van der Waals surface area contributed by atoms with Gasteiger partial charge >= 0.3 is 7.82 Å². The molecule has 0 fully saturated rings. The van der Waals surface area contributed by atoms with Crippen LogP contribution in [0.5, 0.6) is 5.75 Å². The molecule has 0 radical (unpaired) electrons. The van der Waals surface area contributed by atoms with Gasteiger partial charge in [0.1, 0.15) is 12.5 Å². The predicted octanol–water partition coefficient (Wildman–Crippen LogP) is 2.74. The number of methoxy groups -OCH3 is 1. The number of pyridine rings is 1. The summed E-state index contributed by atoms with van der Waals surface area (Å²) in [5.74, 6) is 0.662. The average Bonchev–Trinajstić information content (AvgIpc) is 2.61. The van der Waals surface area contributed by atoms with Crippen LogP contribution in [0.15, 0.2) is 59.5 Å². The fourth-order valence-electron chi connectivity index (χ4n) is 2.57. The SMILES string of the molecule is COc1ccc(-c2cn(COP(=O)(O)O)c3ccccc3c2=O)cc1. The van der Waals surface area contributed by atoms with Gasteiger partial charge in [0.2, 0.25) is 0 Å². The van der Waals surface area contributed by atoms with Crippen LogP contribution < -0.4 is 10.2 Å². The van der Waals surface area contributed by atoms with Crippen molar-refractivity contribution in [2.24, 2.45) is 0 Å². The van der Waals surface area contributed by atoms with Crippen molar-refractivity contribution >= 4 is 18.7 Å². The second-order valence-corrected chi connectivity index (χ2v) is 6.58. The van der Waals surface area contributed by atoms with Crippen LogP contribution in [-0.4, -0.2) is 21.5 Å². The van der Waals surface area contributed by atoms with Crippen LogP contribution in [0.2, 0.25) is 0 Å². The first-order valence-corrected chi connectivity index (χ1v) is 8.89. The Morgan fingerprint density at radius 3 is 2.40 bits per heavy atom. The van der Waals surface area contributed by atoms with E-state index in [4.69, 9.17) is 14.5 Å². The number of phosphoric ester groups is 1. The topological polar surface area (TPSA) is 98.0 Å². The number of phosphoric acid groups is 1. The molecular formula is C17H16NO6P. The van der Waals surface area contributed by atoms with E-state index in [0.29, 0.717) is 27.8 Å². The van der Waals surface area contributed by atoms with E-state index in [-0.39, 0.29) is 12.2 Å². The molecule has 0 aliphatic carbocycles. The molecule has 0 bridgehead atoms. The van der Waals surface area contributed by atoms with Crippen molar-refractivity contribution in [2.45, 2.75) is 6.73 Å². The number of para-hydroxylation sites is 1. The molecule has 0 aliphatic heterocycles. The number of benzene rings is 2. The highest BCUT2D eigenvalue weighted by Crippen LogP contribution is 2.36. The van der Waals surface area contributed by atoms with E-state index in [9.17, 15) is 9.36 Å². The van der Waals surface area contributed by atoms with Crippen molar-refractivity contribution < 1.29 is 23.6 Å². The maximum atomic E-state index is 12.8. The zero-order valence-electron chi connectivity index (χ0n) is 13.3. The summed E-state index contributed by atoms with van der Waals surface area (Å²) in [4.78, 5) is 30.7. The predicted molar refractivity (Wildman–Crippen MR) is 93.3 cm³/mol. The summed E-state index contributed by atoms with van der Waals surface area (Å²) in [7, 11) is -3.08. The zero-order valence-corrected chi connectivity index (χ0v) is 14.2. The van der Waals surface area contributed by atoms with Crippen LogP contribution in [0.3, 0.4) is 0 Å². The van der Waals surface area contributed by atoms with Crippen LogP contribution in [0.25, 0.3) is 22.0 Å². The fraction of sp³-hybridized carbons (Fsp3) is 0.118. The van der Waals surface area contributed by atoms with Gasteiger partial charge in [0.05, 0.1) is 12.6 Å².